The zero-order chi connectivity index (χ0) is 12.5. The Morgan fingerprint density at radius 3 is 3.00 bits per heavy atom. The molecule has 3 rings (SSSR count). The molecule has 4 atom stereocenters. The molecule has 18 heavy (non-hydrogen) atoms. The Hall–Kier alpha value is -0.260. The molecule has 0 aromatic carbocycles. The first-order chi connectivity index (χ1) is 8.72. The second-order valence-electron chi connectivity index (χ2n) is 5.65. The molecule has 3 fully saturated rings. The Morgan fingerprint density at radius 1 is 1.44 bits per heavy atom. The van der Waals surface area contributed by atoms with Crippen molar-refractivity contribution in [3.05, 3.63) is 0 Å². The molecule has 1 saturated carbocycles. The second-order valence-corrected chi connectivity index (χ2v) is 6.74. The van der Waals surface area contributed by atoms with Gasteiger partial charge in [-0.25, -0.2) is 0 Å². The van der Waals surface area contributed by atoms with Crippen molar-refractivity contribution < 1.29 is 9.84 Å². The number of fused-ring (bicyclic) bond motifs is 1. The van der Waals surface area contributed by atoms with E-state index in [1.165, 1.54) is 19.3 Å². The first-order valence-electron chi connectivity index (χ1n) is 7.03. The summed E-state index contributed by atoms with van der Waals surface area (Å²) in [6, 6.07) is 0.379. The maximum Gasteiger partial charge on any atom is 0.159 e. The molecule has 102 valence electrons. The van der Waals surface area contributed by atoms with Crippen LogP contribution < -0.4 is 5.32 Å². The van der Waals surface area contributed by atoms with Crippen LogP contribution in [0, 0.1) is 5.92 Å². The number of amidine groups is 1. The van der Waals surface area contributed by atoms with Gasteiger partial charge in [-0.05, 0) is 32.1 Å². The minimum atomic E-state index is -0.373. The van der Waals surface area contributed by atoms with Crippen molar-refractivity contribution in [2.75, 3.05) is 6.54 Å². The summed E-state index contributed by atoms with van der Waals surface area (Å²) in [6.07, 6.45) is 5.65. The van der Waals surface area contributed by atoms with E-state index in [1.54, 1.807) is 11.8 Å². The van der Waals surface area contributed by atoms with E-state index in [1.807, 2.05) is 6.92 Å². The molecule has 0 bridgehead atoms. The molecule has 2 heterocycles. The van der Waals surface area contributed by atoms with Crippen LogP contribution in [0.25, 0.3) is 0 Å². The number of aliphatic hydroxyl groups excluding tert-OH is 1. The number of nitrogens with one attached hydrogen (secondary N) is 1. The summed E-state index contributed by atoms with van der Waals surface area (Å²) in [5.74, 6) is 0.943. The minimum Gasteiger partial charge on any atom is -0.391 e. The summed E-state index contributed by atoms with van der Waals surface area (Å²) >= 11 is 1.69. The molecule has 0 amide bonds. The molecule has 5 heteroatoms. The fourth-order valence-electron chi connectivity index (χ4n) is 2.56. The van der Waals surface area contributed by atoms with Gasteiger partial charge in [-0.15, -0.1) is 0 Å². The van der Waals surface area contributed by atoms with Crippen LogP contribution in [-0.2, 0) is 4.74 Å². The predicted octanol–water partition coefficient (Wildman–Crippen LogP) is 1.73. The molecule has 2 aliphatic heterocycles. The Labute approximate surface area is 113 Å². The van der Waals surface area contributed by atoms with Gasteiger partial charge in [0.25, 0.3) is 0 Å². The summed E-state index contributed by atoms with van der Waals surface area (Å²) in [6.45, 7) is 2.75. The summed E-state index contributed by atoms with van der Waals surface area (Å²) in [5.41, 5.74) is 0.137. The normalized spacial score (nSPS) is 39.4. The predicted molar refractivity (Wildman–Crippen MR) is 73.7 cm³/mol. The third-order valence-electron chi connectivity index (χ3n) is 3.96. The molecule has 2 N–H and O–H groups in total. The van der Waals surface area contributed by atoms with E-state index in [-0.39, 0.29) is 17.6 Å². The number of rotatable bonds is 4. The van der Waals surface area contributed by atoms with E-state index in [0.717, 1.165) is 30.5 Å². The van der Waals surface area contributed by atoms with Crippen LogP contribution in [0.15, 0.2) is 4.99 Å². The van der Waals surface area contributed by atoms with Crippen molar-refractivity contribution in [2.24, 2.45) is 10.9 Å². The molecule has 4 nitrogen and oxygen atoms in total. The SMILES string of the molecule is C[C@H](O)[C@H]1CC[C@H]2NC(=NCCC3CC3)S[C@H]2O1. The van der Waals surface area contributed by atoms with Crippen LogP contribution in [-0.4, -0.2) is 40.5 Å². The van der Waals surface area contributed by atoms with Gasteiger partial charge in [-0.3, -0.25) is 4.99 Å². The monoisotopic (exact) mass is 270 g/mol. The number of thioether (sulfide) groups is 1. The van der Waals surface area contributed by atoms with Crippen LogP contribution >= 0.6 is 11.8 Å². The zero-order valence-electron chi connectivity index (χ0n) is 10.8. The average molecular weight is 270 g/mol. The van der Waals surface area contributed by atoms with Gasteiger partial charge in [0, 0.05) is 6.54 Å². The van der Waals surface area contributed by atoms with Crippen molar-refractivity contribution in [1.82, 2.24) is 5.32 Å². The number of hydrogen-bond acceptors (Lipinski definition) is 4. The van der Waals surface area contributed by atoms with Gasteiger partial charge in [0.15, 0.2) is 5.17 Å². The smallest absolute Gasteiger partial charge is 0.159 e. The van der Waals surface area contributed by atoms with Gasteiger partial charge in [-0.1, -0.05) is 24.6 Å². The van der Waals surface area contributed by atoms with Crippen molar-refractivity contribution in [1.29, 1.82) is 0 Å². The highest BCUT2D eigenvalue weighted by molar-refractivity contribution is 8.14. The molecular formula is C13H22N2O2S. The Kier molecular flexibility index (Phi) is 3.82. The maximum atomic E-state index is 9.59. The lowest BCUT2D eigenvalue weighted by Gasteiger charge is -2.32. The molecule has 3 aliphatic rings. The Balaban J connectivity index is 1.50. The third kappa shape index (κ3) is 3.00. The van der Waals surface area contributed by atoms with Gasteiger partial charge in [0.05, 0.1) is 18.2 Å². The van der Waals surface area contributed by atoms with Crippen molar-refractivity contribution in [2.45, 2.75) is 62.7 Å². The lowest BCUT2D eigenvalue weighted by Crippen LogP contribution is -2.43. The lowest BCUT2D eigenvalue weighted by atomic mass is 10.0. The molecule has 0 aromatic rings. The summed E-state index contributed by atoms with van der Waals surface area (Å²) < 4.78 is 5.91. The topological polar surface area (TPSA) is 53.8 Å². The molecular weight excluding hydrogens is 248 g/mol. The van der Waals surface area contributed by atoms with Crippen LogP contribution in [0.5, 0.6) is 0 Å². The molecule has 0 radical (unpaired) electrons. The first-order valence-corrected chi connectivity index (χ1v) is 7.91. The van der Waals surface area contributed by atoms with Gasteiger partial charge in [-0.2, -0.15) is 0 Å². The van der Waals surface area contributed by atoms with Gasteiger partial charge in [0.2, 0.25) is 0 Å². The molecule has 0 unspecified atom stereocenters. The quantitative estimate of drug-likeness (QED) is 0.817. The molecule has 0 spiro atoms. The summed E-state index contributed by atoms with van der Waals surface area (Å²) in [5, 5.41) is 14.1. The van der Waals surface area contributed by atoms with Crippen LogP contribution in [0.4, 0.5) is 0 Å². The Morgan fingerprint density at radius 2 is 2.28 bits per heavy atom. The number of aliphatic hydroxyl groups is 1. The zero-order valence-corrected chi connectivity index (χ0v) is 11.7. The molecule has 1 aliphatic carbocycles. The summed E-state index contributed by atoms with van der Waals surface area (Å²) in [7, 11) is 0. The highest BCUT2D eigenvalue weighted by Gasteiger charge is 2.39. The van der Waals surface area contributed by atoms with Crippen LogP contribution in [0.2, 0.25) is 0 Å². The van der Waals surface area contributed by atoms with E-state index in [4.69, 9.17) is 4.74 Å². The lowest BCUT2D eigenvalue weighted by molar-refractivity contribution is -0.0751. The number of ether oxygens (including phenoxy) is 1. The second kappa shape index (κ2) is 5.39. The van der Waals surface area contributed by atoms with Crippen molar-refractivity contribution in [3.8, 4) is 0 Å². The fraction of sp³-hybridized carbons (Fsp3) is 0.923. The van der Waals surface area contributed by atoms with Crippen molar-refractivity contribution >= 4 is 16.9 Å². The molecule has 2 saturated heterocycles. The van der Waals surface area contributed by atoms with Gasteiger partial charge in [0.1, 0.15) is 5.44 Å². The van der Waals surface area contributed by atoms with Gasteiger partial charge >= 0.3 is 0 Å². The molecule has 0 aromatic heterocycles. The maximum absolute atomic E-state index is 9.59. The number of nitrogens with zero attached hydrogens (tertiary/aromatic N) is 1. The average Bonchev–Trinajstić information content (AvgIpc) is 3.07. The van der Waals surface area contributed by atoms with E-state index >= 15 is 0 Å². The van der Waals surface area contributed by atoms with E-state index in [2.05, 4.69) is 10.3 Å². The fourth-order valence-corrected chi connectivity index (χ4v) is 3.73. The van der Waals surface area contributed by atoms with Crippen molar-refractivity contribution in [3.63, 3.8) is 0 Å². The van der Waals surface area contributed by atoms with E-state index < -0.39 is 0 Å². The highest BCUT2D eigenvalue weighted by Crippen LogP contribution is 2.35. The van der Waals surface area contributed by atoms with Crippen LogP contribution in [0.3, 0.4) is 0 Å². The largest absolute Gasteiger partial charge is 0.391 e. The number of aliphatic imine (C=N–C) groups is 1. The van der Waals surface area contributed by atoms with E-state index in [0.29, 0.717) is 6.04 Å². The van der Waals surface area contributed by atoms with Gasteiger partial charge < -0.3 is 15.2 Å². The van der Waals surface area contributed by atoms with Crippen LogP contribution in [0.1, 0.15) is 39.0 Å². The number of hydrogen-bond donors (Lipinski definition) is 2. The third-order valence-corrected chi connectivity index (χ3v) is 5.11. The standard InChI is InChI=1S/C13H22N2O2S/c1-8(16)11-5-4-10-12(17-11)18-13(15-10)14-7-6-9-2-3-9/h8-12,16H,2-7H2,1H3,(H,14,15)/t8-,10+,11+,12+/m0/s1. The summed E-state index contributed by atoms with van der Waals surface area (Å²) in [4.78, 5) is 4.62. The first kappa shape index (κ1) is 12.8. The highest BCUT2D eigenvalue weighted by atomic mass is 32.2. The van der Waals surface area contributed by atoms with E-state index in [9.17, 15) is 5.11 Å². The Bertz CT molecular complexity index is 331. The minimum absolute atomic E-state index is 0.00800.